The number of nitrogens with one attached hydrogen (secondary N) is 2. The number of anilines is 1. The smallest absolute Gasteiger partial charge is 0.256 e. The number of carbonyl (C=O) groups is 2. The lowest BCUT2D eigenvalue weighted by molar-refractivity contribution is 0.0941. The van der Waals surface area contributed by atoms with Crippen LogP contribution in [-0.4, -0.2) is 11.8 Å². The molecule has 0 unspecified atom stereocenters. The standard InChI is InChI=1S/C22H19BrN2O2/c1-15(16-9-3-2-4-10-16)24-22(27)18-12-6-8-14-20(18)25-21(26)17-11-5-7-13-19(17)23/h2-15H,1H3,(H,24,27)(H,25,26)/t15-/m0/s1. The second-order valence-corrected chi connectivity index (χ2v) is 6.94. The molecule has 2 N–H and O–H groups in total. The van der Waals surface area contributed by atoms with Crippen LogP contribution in [0.2, 0.25) is 0 Å². The average molecular weight is 423 g/mol. The zero-order valence-corrected chi connectivity index (χ0v) is 16.4. The molecule has 27 heavy (non-hydrogen) atoms. The molecule has 0 radical (unpaired) electrons. The molecule has 0 aliphatic rings. The van der Waals surface area contributed by atoms with Crippen molar-refractivity contribution in [2.75, 3.05) is 5.32 Å². The highest BCUT2D eigenvalue weighted by atomic mass is 79.9. The molecule has 0 spiro atoms. The summed E-state index contributed by atoms with van der Waals surface area (Å²) in [6.45, 7) is 1.93. The Hall–Kier alpha value is -2.92. The first kappa shape index (κ1) is 18.9. The summed E-state index contributed by atoms with van der Waals surface area (Å²) in [5.74, 6) is -0.520. The van der Waals surface area contributed by atoms with Gasteiger partial charge in [0, 0.05) is 4.47 Å². The molecule has 3 aromatic rings. The molecule has 4 nitrogen and oxygen atoms in total. The Balaban J connectivity index is 1.78. The van der Waals surface area contributed by atoms with Crippen molar-refractivity contribution in [3.63, 3.8) is 0 Å². The summed E-state index contributed by atoms with van der Waals surface area (Å²) in [7, 11) is 0. The minimum atomic E-state index is -0.279. The largest absolute Gasteiger partial charge is 0.345 e. The molecule has 136 valence electrons. The normalized spacial score (nSPS) is 11.5. The summed E-state index contributed by atoms with van der Waals surface area (Å²) >= 11 is 3.38. The number of rotatable bonds is 5. The number of hydrogen-bond acceptors (Lipinski definition) is 2. The van der Waals surface area contributed by atoms with E-state index >= 15 is 0 Å². The van der Waals surface area contributed by atoms with E-state index in [-0.39, 0.29) is 17.9 Å². The Labute approximate surface area is 166 Å². The van der Waals surface area contributed by atoms with Crippen LogP contribution in [0.1, 0.15) is 39.2 Å². The van der Waals surface area contributed by atoms with Crippen LogP contribution in [-0.2, 0) is 0 Å². The Morgan fingerprint density at radius 3 is 2.07 bits per heavy atom. The van der Waals surface area contributed by atoms with Crippen LogP contribution in [0.15, 0.2) is 83.3 Å². The maximum atomic E-state index is 12.8. The van der Waals surface area contributed by atoms with E-state index in [0.29, 0.717) is 21.3 Å². The van der Waals surface area contributed by atoms with Crippen molar-refractivity contribution < 1.29 is 9.59 Å². The minimum absolute atomic E-state index is 0.147. The highest BCUT2D eigenvalue weighted by Gasteiger charge is 2.17. The molecule has 0 saturated carbocycles. The Morgan fingerprint density at radius 1 is 0.778 bits per heavy atom. The van der Waals surface area contributed by atoms with Crippen molar-refractivity contribution in [3.8, 4) is 0 Å². The van der Waals surface area contributed by atoms with Crippen molar-refractivity contribution in [1.82, 2.24) is 5.32 Å². The van der Waals surface area contributed by atoms with Gasteiger partial charge in [0.1, 0.15) is 0 Å². The van der Waals surface area contributed by atoms with Crippen LogP contribution in [0.3, 0.4) is 0 Å². The molecule has 0 fully saturated rings. The number of para-hydroxylation sites is 1. The van der Waals surface area contributed by atoms with E-state index in [2.05, 4.69) is 26.6 Å². The molecule has 1 atom stereocenters. The number of amides is 2. The van der Waals surface area contributed by atoms with Gasteiger partial charge in [-0.25, -0.2) is 0 Å². The van der Waals surface area contributed by atoms with Crippen molar-refractivity contribution in [1.29, 1.82) is 0 Å². The highest BCUT2D eigenvalue weighted by molar-refractivity contribution is 9.10. The second kappa shape index (κ2) is 8.64. The maximum absolute atomic E-state index is 12.8. The number of carbonyl (C=O) groups excluding carboxylic acids is 2. The van der Waals surface area contributed by atoms with Crippen molar-refractivity contribution in [2.24, 2.45) is 0 Å². The van der Waals surface area contributed by atoms with Crippen LogP contribution in [0.5, 0.6) is 0 Å². The van der Waals surface area contributed by atoms with Gasteiger partial charge in [-0.3, -0.25) is 9.59 Å². The van der Waals surface area contributed by atoms with Gasteiger partial charge in [0.05, 0.1) is 22.9 Å². The molecule has 0 aliphatic carbocycles. The van der Waals surface area contributed by atoms with Crippen LogP contribution in [0.4, 0.5) is 5.69 Å². The Morgan fingerprint density at radius 2 is 1.37 bits per heavy atom. The van der Waals surface area contributed by atoms with E-state index in [1.807, 2.05) is 43.3 Å². The third-order valence-corrected chi connectivity index (χ3v) is 4.88. The van der Waals surface area contributed by atoms with Crippen molar-refractivity contribution in [2.45, 2.75) is 13.0 Å². The molecule has 0 bridgehead atoms. The molecular formula is C22H19BrN2O2. The van der Waals surface area contributed by atoms with E-state index in [0.717, 1.165) is 5.56 Å². The fourth-order valence-corrected chi connectivity index (χ4v) is 3.19. The first-order valence-electron chi connectivity index (χ1n) is 8.57. The zero-order chi connectivity index (χ0) is 19.2. The third-order valence-electron chi connectivity index (χ3n) is 4.19. The lowest BCUT2D eigenvalue weighted by atomic mass is 10.1. The first-order valence-corrected chi connectivity index (χ1v) is 9.36. The summed E-state index contributed by atoms with van der Waals surface area (Å²) < 4.78 is 0.696. The van der Waals surface area contributed by atoms with Crippen LogP contribution in [0, 0.1) is 0 Å². The third kappa shape index (κ3) is 4.63. The molecule has 0 aromatic heterocycles. The fraction of sp³-hybridized carbons (Fsp3) is 0.0909. The topological polar surface area (TPSA) is 58.2 Å². The molecule has 3 rings (SSSR count). The second-order valence-electron chi connectivity index (χ2n) is 6.09. The van der Waals surface area contributed by atoms with Gasteiger partial charge in [-0.2, -0.15) is 0 Å². The van der Waals surface area contributed by atoms with E-state index < -0.39 is 0 Å². The van der Waals surface area contributed by atoms with Crippen LogP contribution >= 0.6 is 15.9 Å². The molecule has 2 amide bonds. The van der Waals surface area contributed by atoms with E-state index in [1.165, 1.54) is 0 Å². The SMILES string of the molecule is C[C@H](NC(=O)c1ccccc1NC(=O)c1ccccc1Br)c1ccccc1. The van der Waals surface area contributed by atoms with Gasteiger partial charge in [-0.1, -0.05) is 54.6 Å². The van der Waals surface area contributed by atoms with Gasteiger partial charge in [0.25, 0.3) is 11.8 Å². The van der Waals surface area contributed by atoms with E-state index in [9.17, 15) is 9.59 Å². The van der Waals surface area contributed by atoms with Gasteiger partial charge in [-0.15, -0.1) is 0 Å². The lowest BCUT2D eigenvalue weighted by Crippen LogP contribution is -2.28. The minimum Gasteiger partial charge on any atom is -0.345 e. The summed E-state index contributed by atoms with van der Waals surface area (Å²) in [6, 6.07) is 23.7. The molecule has 0 aliphatic heterocycles. The van der Waals surface area contributed by atoms with Gasteiger partial charge in [0.2, 0.25) is 0 Å². The first-order chi connectivity index (χ1) is 13.1. The van der Waals surface area contributed by atoms with Crippen molar-refractivity contribution in [3.05, 3.63) is 100 Å². The molecular weight excluding hydrogens is 404 g/mol. The quantitative estimate of drug-likeness (QED) is 0.593. The van der Waals surface area contributed by atoms with Gasteiger partial charge < -0.3 is 10.6 Å². The molecule has 0 heterocycles. The van der Waals surface area contributed by atoms with Crippen LogP contribution < -0.4 is 10.6 Å². The zero-order valence-electron chi connectivity index (χ0n) is 14.8. The Bertz CT molecular complexity index is 957. The van der Waals surface area contributed by atoms with E-state index in [4.69, 9.17) is 0 Å². The number of hydrogen-bond donors (Lipinski definition) is 2. The van der Waals surface area contributed by atoms with Crippen molar-refractivity contribution >= 4 is 33.4 Å². The monoisotopic (exact) mass is 422 g/mol. The predicted octanol–water partition coefficient (Wildman–Crippen LogP) is 5.19. The van der Waals surface area contributed by atoms with Gasteiger partial charge in [0.15, 0.2) is 0 Å². The predicted molar refractivity (Wildman–Crippen MR) is 111 cm³/mol. The Kier molecular flexibility index (Phi) is 6.04. The lowest BCUT2D eigenvalue weighted by Gasteiger charge is -2.16. The average Bonchev–Trinajstić information content (AvgIpc) is 2.69. The summed E-state index contributed by atoms with van der Waals surface area (Å²) in [4.78, 5) is 25.3. The maximum Gasteiger partial charge on any atom is 0.256 e. The summed E-state index contributed by atoms with van der Waals surface area (Å²) in [5, 5.41) is 5.81. The van der Waals surface area contributed by atoms with Gasteiger partial charge >= 0.3 is 0 Å². The van der Waals surface area contributed by atoms with Crippen LogP contribution in [0.25, 0.3) is 0 Å². The molecule has 5 heteroatoms. The van der Waals surface area contributed by atoms with E-state index in [1.54, 1.807) is 42.5 Å². The fourth-order valence-electron chi connectivity index (χ4n) is 2.72. The molecule has 0 saturated heterocycles. The summed E-state index contributed by atoms with van der Waals surface area (Å²) in [6.07, 6.45) is 0. The van der Waals surface area contributed by atoms with Gasteiger partial charge in [-0.05, 0) is 52.7 Å². The highest BCUT2D eigenvalue weighted by Crippen LogP contribution is 2.21. The summed E-state index contributed by atoms with van der Waals surface area (Å²) in [5.41, 5.74) is 2.41. The number of benzene rings is 3. The number of halogens is 1. The molecule has 3 aromatic carbocycles.